The smallest absolute Gasteiger partial charge is 0.270 e. The molecule has 1 aromatic carbocycles. The van der Waals surface area contributed by atoms with Crippen LogP contribution in [0.1, 0.15) is 29.8 Å². The van der Waals surface area contributed by atoms with Crippen LogP contribution in [0.3, 0.4) is 0 Å². The molecular formula is C16H17FN2O2S. The largest absolute Gasteiger partial charge is 0.393 e. The number of hydrogen-bond acceptors (Lipinski definition) is 4. The average molecular weight is 320 g/mol. The van der Waals surface area contributed by atoms with Gasteiger partial charge in [-0.3, -0.25) is 4.79 Å². The highest BCUT2D eigenvalue weighted by Crippen LogP contribution is 2.26. The van der Waals surface area contributed by atoms with Gasteiger partial charge in [0.1, 0.15) is 16.5 Å². The molecule has 116 valence electrons. The predicted octanol–water partition coefficient (Wildman–Crippen LogP) is 2.84. The Morgan fingerprint density at radius 1 is 1.36 bits per heavy atom. The van der Waals surface area contributed by atoms with Gasteiger partial charge >= 0.3 is 0 Å². The van der Waals surface area contributed by atoms with E-state index in [1.54, 1.807) is 17.5 Å². The van der Waals surface area contributed by atoms with Gasteiger partial charge in [0.2, 0.25) is 0 Å². The van der Waals surface area contributed by atoms with Crippen LogP contribution in [-0.4, -0.2) is 28.6 Å². The van der Waals surface area contributed by atoms with Gasteiger partial charge in [0.05, 0.1) is 6.10 Å². The number of aromatic nitrogens is 1. The fourth-order valence-electron chi connectivity index (χ4n) is 2.67. The third-order valence-corrected chi connectivity index (χ3v) is 4.86. The lowest BCUT2D eigenvalue weighted by atomic mass is 10.1. The molecular weight excluding hydrogens is 303 g/mol. The summed E-state index contributed by atoms with van der Waals surface area (Å²) in [6, 6.07) is 6.03. The van der Waals surface area contributed by atoms with E-state index in [4.69, 9.17) is 0 Å². The first-order valence-corrected chi connectivity index (χ1v) is 8.19. The third-order valence-electron chi connectivity index (χ3n) is 3.97. The van der Waals surface area contributed by atoms with Crippen molar-refractivity contribution in [3.63, 3.8) is 0 Å². The van der Waals surface area contributed by atoms with Crippen molar-refractivity contribution in [2.75, 3.05) is 6.54 Å². The average Bonchev–Trinajstić information content (AvgIpc) is 3.15. The maximum absolute atomic E-state index is 12.9. The second kappa shape index (κ2) is 6.54. The summed E-state index contributed by atoms with van der Waals surface area (Å²) in [6.45, 7) is 0.476. The predicted molar refractivity (Wildman–Crippen MR) is 83.2 cm³/mol. The van der Waals surface area contributed by atoms with Crippen molar-refractivity contribution in [2.24, 2.45) is 5.92 Å². The van der Waals surface area contributed by atoms with Crippen LogP contribution in [0.25, 0.3) is 10.6 Å². The van der Waals surface area contributed by atoms with Crippen LogP contribution in [0.15, 0.2) is 29.6 Å². The molecule has 1 fully saturated rings. The van der Waals surface area contributed by atoms with Gasteiger partial charge in [-0.1, -0.05) is 6.42 Å². The summed E-state index contributed by atoms with van der Waals surface area (Å²) in [7, 11) is 0. The van der Waals surface area contributed by atoms with Gasteiger partial charge in [-0.2, -0.15) is 0 Å². The number of rotatable bonds is 4. The van der Waals surface area contributed by atoms with Gasteiger partial charge in [-0.25, -0.2) is 9.37 Å². The second-order valence-electron chi connectivity index (χ2n) is 5.51. The maximum atomic E-state index is 12.9. The van der Waals surface area contributed by atoms with E-state index in [-0.39, 0.29) is 23.7 Å². The normalized spacial score (nSPS) is 21.0. The zero-order chi connectivity index (χ0) is 15.5. The summed E-state index contributed by atoms with van der Waals surface area (Å²) in [5.41, 5.74) is 1.15. The molecule has 2 unspecified atom stereocenters. The number of amides is 1. The first kappa shape index (κ1) is 15.1. The second-order valence-corrected chi connectivity index (χ2v) is 6.37. The summed E-state index contributed by atoms with van der Waals surface area (Å²) >= 11 is 1.35. The fourth-order valence-corrected chi connectivity index (χ4v) is 3.48. The van der Waals surface area contributed by atoms with Gasteiger partial charge in [-0.15, -0.1) is 11.3 Å². The first-order chi connectivity index (χ1) is 10.6. The summed E-state index contributed by atoms with van der Waals surface area (Å²) in [4.78, 5) is 16.4. The van der Waals surface area contributed by atoms with Crippen LogP contribution in [0, 0.1) is 11.7 Å². The Morgan fingerprint density at radius 3 is 2.82 bits per heavy atom. The van der Waals surface area contributed by atoms with Crippen LogP contribution in [0.2, 0.25) is 0 Å². The van der Waals surface area contributed by atoms with Gasteiger partial charge in [0.25, 0.3) is 5.91 Å². The van der Waals surface area contributed by atoms with Crippen molar-refractivity contribution in [3.8, 4) is 10.6 Å². The van der Waals surface area contributed by atoms with E-state index in [1.165, 1.54) is 23.5 Å². The SMILES string of the molecule is O=C(NCC1CCCC1O)c1csc(-c2ccc(F)cc2)n1. The van der Waals surface area contributed by atoms with Crippen LogP contribution in [0.4, 0.5) is 4.39 Å². The van der Waals surface area contributed by atoms with E-state index >= 15 is 0 Å². The lowest BCUT2D eigenvalue weighted by Gasteiger charge is -2.14. The number of thiazole rings is 1. The molecule has 2 atom stereocenters. The van der Waals surface area contributed by atoms with E-state index in [0.717, 1.165) is 24.8 Å². The van der Waals surface area contributed by atoms with Gasteiger partial charge in [0, 0.05) is 23.4 Å². The number of nitrogens with zero attached hydrogens (tertiary/aromatic N) is 1. The number of hydrogen-bond donors (Lipinski definition) is 2. The molecule has 0 radical (unpaired) electrons. The minimum atomic E-state index is -0.314. The molecule has 2 aromatic rings. The molecule has 1 heterocycles. The standard InChI is InChI=1S/C16H17FN2O2S/c17-12-6-4-10(5-7-12)16-19-13(9-22-16)15(21)18-8-11-2-1-3-14(11)20/h4-7,9,11,14,20H,1-3,8H2,(H,18,21). The monoisotopic (exact) mass is 320 g/mol. The first-order valence-electron chi connectivity index (χ1n) is 7.31. The van der Waals surface area contributed by atoms with E-state index < -0.39 is 0 Å². The van der Waals surface area contributed by atoms with Crippen molar-refractivity contribution < 1.29 is 14.3 Å². The number of aliphatic hydroxyl groups is 1. The maximum Gasteiger partial charge on any atom is 0.270 e. The Balaban J connectivity index is 1.63. The lowest BCUT2D eigenvalue weighted by molar-refractivity contribution is 0.0912. The molecule has 6 heteroatoms. The van der Waals surface area contributed by atoms with Crippen LogP contribution < -0.4 is 5.32 Å². The van der Waals surface area contributed by atoms with Crippen molar-refractivity contribution in [1.29, 1.82) is 0 Å². The van der Waals surface area contributed by atoms with Gasteiger partial charge in [0.15, 0.2) is 0 Å². The Morgan fingerprint density at radius 2 is 2.14 bits per heavy atom. The van der Waals surface area contributed by atoms with E-state index in [2.05, 4.69) is 10.3 Å². The molecule has 3 rings (SSSR count). The molecule has 0 aliphatic heterocycles. The zero-order valence-corrected chi connectivity index (χ0v) is 12.8. The Labute approximate surface area is 132 Å². The van der Waals surface area contributed by atoms with Crippen molar-refractivity contribution >= 4 is 17.2 Å². The van der Waals surface area contributed by atoms with Crippen LogP contribution in [-0.2, 0) is 0 Å². The van der Waals surface area contributed by atoms with E-state index in [1.807, 2.05) is 0 Å². The van der Waals surface area contributed by atoms with Crippen molar-refractivity contribution in [2.45, 2.75) is 25.4 Å². The topological polar surface area (TPSA) is 62.2 Å². The minimum Gasteiger partial charge on any atom is -0.393 e. The molecule has 0 spiro atoms. The number of aliphatic hydroxyl groups excluding tert-OH is 1. The van der Waals surface area contributed by atoms with E-state index in [9.17, 15) is 14.3 Å². The number of carbonyl (C=O) groups is 1. The molecule has 1 aromatic heterocycles. The number of nitrogens with one attached hydrogen (secondary N) is 1. The van der Waals surface area contributed by atoms with Crippen LogP contribution in [0.5, 0.6) is 0 Å². The number of benzene rings is 1. The van der Waals surface area contributed by atoms with Crippen molar-refractivity contribution in [1.82, 2.24) is 10.3 Å². The molecule has 2 N–H and O–H groups in total. The Kier molecular flexibility index (Phi) is 4.49. The minimum absolute atomic E-state index is 0.138. The Bertz CT molecular complexity index is 656. The van der Waals surface area contributed by atoms with Gasteiger partial charge < -0.3 is 10.4 Å². The summed E-state index contributed by atoms with van der Waals surface area (Å²) < 4.78 is 12.9. The quantitative estimate of drug-likeness (QED) is 0.910. The summed E-state index contributed by atoms with van der Waals surface area (Å²) in [5.74, 6) is -0.392. The van der Waals surface area contributed by atoms with Gasteiger partial charge in [-0.05, 0) is 37.1 Å². The Hall–Kier alpha value is -1.79. The highest BCUT2D eigenvalue weighted by atomic mass is 32.1. The molecule has 0 saturated heterocycles. The molecule has 4 nitrogen and oxygen atoms in total. The molecule has 1 aliphatic rings. The fraction of sp³-hybridized carbons (Fsp3) is 0.375. The summed E-state index contributed by atoms with van der Waals surface area (Å²) in [5, 5.41) is 15.0. The molecule has 0 bridgehead atoms. The van der Waals surface area contributed by atoms with Crippen LogP contribution >= 0.6 is 11.3 Å². The molecule has 1 aliphatic carbocycles. The highest BCUT2D eigenvalue weighted by Gasteiger charge is 2.25. The number of carbonyl (C=O) groups excluding carboxylic acids is 1. The molecule has 22 heavy (non-hydrogen) atoms. The highest BCUT2D eigenvalue weighted by molar-refractivity contribution is 7.13. The molecule has 1 amide bonds. The van der Waals surface area contributed by atoms with E-state index in [0.29, 0.717) is 17.2 Å². The third kappa shape index (κ3) is 3.34. The zero-order valence-electron chi connectivity index (χ0n) is 12.0. The lowest BCUT2D eigenvalue weighted by Crippen LogP contribution is -2.32. The number of halogens is 1. The summed E-state index contributed by atoms with van der Waals surface area (Å²) in [6.07, 6.45) is 2.45. The van der Waals surface area contributed by atoms with Crippen molar-refractivity contribution in [3.05, 3.63) is 41.2 Å². The molecule has 1 saturated carbocycles.